The lowest BCUT2D eigenvalue weighted by atomic mass is 10.00. The number of nitrogens with two attached hydrogens (primary N) is 1. The van der Waals surface area contributed by atoms with E-state index in [9.17, 15) is 14.4 Å². The lowest BCUT2D eigenvalue weighted by Crippen LogP contribution is -2.41. The molecule has 0 aliphatic carbocycles. The topological polar surface area (TPSA) is 125 Å². The minimum atomic E-state index is -0.821. The number of aryl methyl sites for hydroxylation is 1. The molecule has 0 saturated heterocycles. The van der Waals surface area contributed by atoms with Crippen LogP contribution in [0.15, 0.2) is 95.5 Å². The second-order valence-corrected chi connectivity index (χ2v) is 9.68. The van der Waals surface area contributed by atoms with E-state index in [1.807, 2.05) is 78.9 Å². The van der Waals surface area contributed by atoms with Crippen molar-refractivity contribution < 1.29 is 23.5 Å². The summed E-state index contributed by atoms with van der Waals surface area (Å²) in [7, 11) is 0. The van der Waals surface area contributed by atoms with Gasteiger partial charge in [0.15, 0.2) is 5.76 Å². The molecule has 4 rings (SSSR count). The van der Waals surface area contributed by atoms with Crippen molar-refractivity contribution in [3.8, 4) is 17.2 Å². The van der Waals surface area contributed by atoms with Gasteiger partial charge in [0.2, 0.25) is 23.5 Å². The third-order valence-electron chi connectivity index (χ3n) is 6.58. The van der Waals surface area contributed by atoms with E-state index in [-0.39, 0.29) is 29.8 Å². The number of amides is 2. The summed E-state index contributed by atoms with van der Waals surface area (Å²) in [5.41, 5.74) is 8.06. The Morgan fingerprint density at radius 2 is 1.62 bits per heavy atom. The molecule has 8 heteroatoms. The van der Waals surface area contributed by atoms with Crippen LogP contribution in [-0.4, -0.2) is 28.6 Å². The highest BCUT2D eigenvalue weighted by Crippen LogP contribution is 2.25. The third kappa shape index (κ3) is 8.14. The lowest BCUT2D eigenvalue weighted by Gasteiger charge is -2.17. The molecule has 1 aromatic heterocycles. The van der Waals surface area contributed by atoms with Gasteiger partial charge in [-0.2, -0.15) is 0 Å². The van der Waals surface area contributed by atoms with Crippen LogP contribution in [0.3, 0.4) is 0 Å². The Labute approximate surface area is 233 Å². The highest BCUT2D eigenvalue weighted by atomic mass is 16.5. The maximum atomic E-state index is 13.5. The van der Waals surface area contributed by atoms with Gasteiger partial charge in [0.1, 0.15) is 12.4 Å². The normalized spacial score (nSPS) is 12.3. The SMILES string of the molecule is CC(CCC(=O)N[C@@H](CCc1ccccc1)C(=O)c1cnc(-c2cccc(OCc3ccccc3)c2)o1)C(N)=O. The number of primary amides is 1. The second-order valence-electron chi connectivity index (χ2n) is 9.68. The molecule has 0 bridgehead atoms. The Balaban J connectivity index is 1.45. The molecule has 206 valence electrons. The first kappa shape index (κ1) is 28.3. The summed E-state index contributed by atoms with van der Waals surface area (Å²) in [4.78, 5) is 41.8. The van der Waals surface area contributed by atoms with Crippen LogP contribution in [0.1, 0.15) is 47.9 Å². The van der Waals surface area contributed by atoms with Gasteiger partial charge < -0.3 is 20.2 Å². The van der Waals surface area contributed by atoms with Crippen LogP contribution >= 0.6 is 0 Å². The van der Waals surface area contributed by atoms with Crippen molar-refractivity contribution in [1.29, 1.82) is 0 Å². The minimum Gasteiger partial charge on any atom is -0.489 e. The Hall–Kier alpha value is -4.72. The van der Waals surface area contributed by atoms with Gasteiger partial charge in [-0.1, -0.05) is 73.7 Å². The number of aromatic nitrogens is 1. The lowest BCUT2D eigenvalue weighted by molar-refractivity contribution is -0.123. The first-order valence-corrected chi connectivity index (χ1v) is 13.3. The molecule has 8 nitrogen and oxygen atoms in total. The fourth-order valence-corrected chi connectivity index (χ4v) is 4.13. The second kappa shape index (κ2) is 13.9. The third-order valence-corrected chi connectivity index (χ3v) is 6.58. The first-order chi connectivity index (χ1) is 19.4. The van der Waals surface area contributed by atoms with Crippen molar-refractivity contribution in [3.63, 3.8) is 0 Å². The highest BCUT2D eigenvalue weighted by molar-refractivity contribution is 6.00. The zero-order valence-electron chi connectivity index (χ0n) is 22.4. The monoisotopic (exact) mass is 539 g/mol. The molecule has 2 atom stereocenters. The molecule has 1 heterocycles. The molecule has 0 saturated carbocycles. The molecular weight excluding hydrogens is 506 g/mol. The molecule has 0 spiro atoms. The van der Waals surface area contributed by atoms with E-state index < -0.39 is 17.9 Å². The minimum absolute atomic E-state index is 0.0504. The van der Waals surface area contributed by atoms with Gasteiger partial charge in [-0.25, -0.2) is 4.98 Å². The molecule has 1 unspecified atom stereocenters. The molecule has 3 N–H and O–H groups in total. The number of nitrogens with one attached hydrogen (secondary N) is 1. The van der Waals surface area contributed by atoms with Crippen molar-refractivity contribution in [1.82, 2.24) is 10.3 Å². The van der Waals surface area contributed by atoms with Gasteiger partial charge in [0.25, 0.3) is 0 Å². The van der Waals surface area contributed by atoms with E-state index >= 15 is 0 Å². The largest absolute Gasteiger partial charge is 0.489 e. The molecular formula is C32H33N3O5. The Morgan fingerprint density at radius 1 is 0.925 bits per heavy atom. The van der Waals surface area contributed by atoms with Crippen LogP contribution in [-0.2, 0) is 22.6 Å². The number of hydrogen-bond acceptors (Lipinski definition) is 6. The Morgan fingerprint density at radius 3 is 2.33 bits per heavy atom. The maximum Gasteiger partial charge on any atom is 0.227 e. The molecule has 2 amide bonds. The van der Waals surface area contributed by atoms with E-state index in [0.29, 0.717) is 37.2 Å². The molecule has 0 radical (unpaired) electrons. The van der Waals surface area contributed by atoms with E-state index in [0.717, 1.165) is 11.1 Å². The maximum absolute atomic E-state index is 13.5. The number of rotatable bonds is 14. The number of ether oxygens (including phenoxy) is 1. The van der Waals surface area contributed by atoms with E-state index in [2.05, 4.69) is 10.3 Å². The zero-order valence-corrected chi connectivity index (χ0v) is 22.4. The Kier molecular flexibility index (Phi) is 9.83. The average molecular weight is 540 g/mol. The van der Waals surface area contributed by atoms with Crippen molar-refractivity contribution in [2.45, 2.75) is 45.3 Å². The predicted molar refractivity (Wildman–Crippen MR) is 151 cm³/mol. The number of carbonyl (C=O) groups excluding carboxylic acids is 3. The summed E-state index contributed by atoms with van der Waals surface area (Å²) < 4.78 is 11.8. The Bertz CT molecular complexity index is 1420. The van der Waals surface area contributed by atoms with Gasteiger partial charge in [-0.15, -0.1) is 0 Å². The van der Waals surface area contributed by atoms with E-state index in [1.165, 1.54) is 6.20 Å². The van der Waals surface area contributed by atoms with Crippen molar-refractivity contribution in [2.75, 3.05) is 0 Å². The molecule has 0 aliphatic heterocycles. The zero-order chi connectivity index (χ0) is 28.3. The summed E-state index contributed by atoms with van der Waals surface area (Å²) in [5, 5.41) is 2.82. The van der Waals surface area contributed by atoms with Crippen LogP contribution in [0.5, 0.6) is 5.75 Å². The number of ketones is 1. The molecule has 4 aromatic rings. The number of nitrogens with zero attached hydrogens (tertiary/aromatic N) is 1. The van der Waals surface area contributed by atoms with Crippen molar-refractivity contribution in [2.24, 2.45) is 11.7 Å². The van der Waals surface area contributed by atoms with E-state index in [1.54, 1.807) is 13.0 Å². The van der Waals surface area contributed by atoms with Crippen molar-refractivity contribution >= 4 is 17.6 Å². The van der Waals surface area contributed by atoms with Crippen LogP contribution in [0.2, 0.25) is 0 Å². The molecule has 40 heavy (non-hydrogen) atoms. The fraction of sp³-hybridized carbons (Fsp3) is 0.250. The molecule has 3 aromatic carbocycles. The molecule has 0 fully saturated rings. The van der Waals surface area contributed by atoms with Gasteiger partial charge in [-0.05, 0) is 48.6 Å². The van der Waals surface area contributed by atoms with Gasteiger partial charge in [-0.3, -0.25) is 14.4 Å². The summed E-state index contributed by atoms with van der Waals surface area (Å²) in [6, 6.07) is 26.0. The summed E-state index contributed by atoms with van der Waals surface area (Å²) in [5.74, 6) is -0.635. The van der Waals surface area contributed by atoms with Crippen molar-refractivity contribution in [3.05, 3.63) is 108 Å². The number of carbonyl (C=O) groups is 3. The summed E-state index contributed by atoms with van der Waals surface area (Å²) in [6.07, 6.45) is 2.72. The highest BCUT2D eigenvalue weighted by Gasteiger charge is 2.26. The summed E-state index contributed by atoms with van der Waals surface area (Å²) in [6.45, 7) is 2.09. The number of hydrogen-bond donors (Lipinski definition) is 2. The van der Waals surface area contributed by atoms with Crippen LogP contribution in [0.25, 0.3) is 11.5 Å². The molecule has 0 aliphatic rings. The standard InChI is InChI=1S/C32H33N3O5/c1-22(31(33)38)15-18-29(36)35-27(17-16-23-9-4-2-5-10-23)30(37)28-20-34-32(40-28)25-13-8-14-26(19-25)39-21-24-11-6-3-7-12-24/h2-14,19-20,22,27H,15-18,21H2,1H3,(H2,33,38)(H,35,36)/t22?,27-/m0/s1. The van der Waals surface area contributed by atoms with Gasteiger partial charge in [0.05, 0.1) is 12.2 Å². The first-order valence-electron chi connectivity index (χ1n) is 13.3. The van der Waals surface area contributed by atoms with Crippen LogP contribution in [0.4, 0.5) is 0 Å². The number of oxazole rings is 1. The fourth-order valence-electron chi connectivity index (χ4n) is 4.13. The number of Topliss-reactive ketones (excluding diaryl/α,β-unsaturated/α-hetero) is 1. The quantitative estimate of drug-likeness (QED) is 0.214. The van der Waals surface area contributed by atoms with E-state index in [4.69, 9.17) is 14.9 Å². The average Bonchev–Trinajstić information content (AvgIpc) is 3.48. The number of benzene rings is 3. The van der Waals surface area contributed by atoms with Gasteiger partial charge >= 0.3 is 0 Å². The summed E-state index contributed by atoms with van der Waals surface area (Å²) >= 11 is 0. The van der Waals surface area contributed by atoms with Crippen LogP contribution < -0.4 is 15.8 Å². The predicted octanol–water partition coefficient (Wildman–Crippen LogP) is 5.12. The smallest absolute Gasteiger partial charge is 0.227 e. The van der Waals surface area contributed by atoms with Gasteiger partial charge in [0, 0.05) is 17.9 Å². The van der Waals surface area contributed by atoms with Crippen LogP contribution in [0, 0.1) is 5.92 Å².